The Balaban J connectivity index is 1.77. The molecule has 6 heteroatoms. The third-order valence-corrected chi connectivity index (χ3v) is 4.62. The van der Waals surface area contributed by atoms with Gasteiger partial charge in [-0.3, -0.25) is 9.69 Å². The molecule has 26 heavy (non-hydrogen) atoms. The lowest BCUT2D eigenvalue weighted by atomic mass is 10.0. The summed E-state index contributed by atoms with van der Waals surface area (Å²) in [5.74, 6) is -1.10. The number of halogens is 2. The Hall–Kier alpha value is -2.31. The minimum absolute atomic E-state index is 0.174. The fraction of sp³-hybridized carbons (Fsp3) is 0.350. The summed E-state index contributed by atoms with van der Waals surface area (Å²) in [4.78, 5) is 14.7. The Morgan fingerprint density at radius 2 is 1.88 bits per heavy atom. The van der Waals surface area contributed by atoms with Crippen molar-refractivity contribution >= 4 is 5.91 Å². The van der Waals surface area contributed by atoms with Gasteiger partial charge in [0.25, 0.3) is 5.91 Å². The number of aryl methyl sites for hydroxylation is 1. The number of benzene rings is 2. The monoisotopic (exact) mass is 360 g/mol. The zero-order chi connectivity index (χ0) is 18.5. The number of ether oxygens (including phenoxy) is 1. The summed E-state index contributed by atoms with van der Waals surface area (Å²) in [6.45, 7) is 4.68. The molecule has 1 aliphatic heterocycles. The molecule has 0 spiro atoms. The van der Waals surface area contributed by atoms with Gasteiger partial charge >= 0.3 is 0 Å². The van der Waals surface area contributed by atoms with Gasteiger partial charge in [0.1, 0.15) is 11.6 Å². The lowest BCUT2D eigenvalue weighted by molar-refractivity contribution is 0.0162. The molecular formula is C20H22F2N2O2. The molecule has 0 radical (unpaired) electrons. The van der Waals surface area contributed by atoms with Crippen molar-refractivity contribution in [3.8, 4) is 0 Å². The van der Waals surface area contributed by atoms with Crippen LogP contribution in [0, 0.1) is 18.6 Å². The first-order valence-corrected chi connectivity index (χ1v) is 8.66. The largest absolute Gasteiger partial charge is 0.379 e. The second-order valence-corrected chi connectivity index (χ2v) is 6.39. The third kappa shape index (κ3) is 4.45. The fourth-order valence-electron chi connectivity index (χ4n) is 3.18. The van der Waals surface area contributed by atoms with Gasteiger partial charge in [0.2, 0.25) is 0 Å². The average molecular weight is 360 g/mol. The van der Waals surface area contributed by atoms with Crippen LogP contribution in [-0.4, -0.2) is 43.7 Å². The summed E-state index contributed by atoms with van der Waals surface area (Å²) in [7, 11) is 0. The molecule has 3 rings (SSSR count). The zero-order valence-electron chi connectivity index (χ0n) is 14.7. The topological polar surface area (TPSA) is 41.6 Å². The number of hydrogen-bond donors (Lipinski definition) is 1. The van der Waals surface area contributed by atoms with E-state index in [0.29, 0.717) is 44.0 Å². The summed E-state index contributed by atoms with van der Waals surface area (Å²) in [6, 6.07) is 10.4. The van der Waals surface area contributed by atoms with Crippen LogP contribution in [0.3, 0.4) is 0 Å². The van der Waals surface area contributed by atoms with Crippen LogP contribution in [0.2, 0.25) is 0 Å². The maximum atomic E-state index is 13.7. The van der Waals surface area contributed by atoms with Crippen LogP contribution in [0.15, 0.2) is 42.5 Å². The molecule has 2 aromatic rings. The molecule has 1 atom stereocenters. The van der Waals surface area contributed by atoms with E-state index < -0.39 is 5.82 Å². The average Bonchev–Trinajstić information content (AvgIpc) is 2.65. The zero-order valence-corrected chi connectivity index (χ0v) is 14.7. The maximum absolute atomic E-state index is 13.7. The Labute approximate surface area is 151 Å². The van der Waals surface area contributed by atoms with Crippen molar-refractivity contribution in [2.45, 2.75) is 13.0 Å². The number of carbonyl (C=O) groups is 1. The second-order valence-electron chi connectivity index (χ2n) is 6.39. The Bertz CT molecular complexity index is 776. The van der Waals surface area contributed by atoms with Gasteiger partial charge in [-0.15, -0.1) is 0 Å². The first kappa shape index (κ1) is 18.5. The highest BCUT2D eigenvalue weighted by Gasteiger charge is 2.24. The molecular weight excluding hydrogens is 338 g/mol. The molecule has 0 aromatic heterocycles. The van der Waals surface area contributed by atoms with E-state index >= 15 is 0 Å². The van der Waals surface area contributed by atoms with Gasteiger partial charge in [-0.05, 0) is 42.3 Å². The van der Waals surface area contributed by atoms with Gasteiger partial charge in [0.05, 0.1) is 19.3 Å². The molecule has 0 bridgehead atoms. The third-order valence-electron chi connectivity index (χ3n) is 4.62. The smallest absolute Gasteiger partial charge is 0.251 e. The van der Waals surface area contributed by atoms with E-state index in [9.17, 15) is 13.6 Å². The van der Waals surface area contributed by atoms with Crippen LogP contribution < -0.4 is 5.32 Å². The maximum Gasteiger partial charge on any atom is 0.251 e. The van der Waals surface area contributed by atoms with E-state index in [2.05, 4.69) is 10.2 Å². The van der Waals surface area contributed by atoms with Gasteiger partial charge in [-0.1, -0.05) is 18.2 Å². The SMILES string of the molecule is Cc1ccc(F)cc1C(=O)NCC(c1cccc(F)c1)N1CCOCC1. The van der Waals surface area contributed by atoms with Crippen molar-refractivity contribution in [2.24, 2.45) is 0 Å². The molecule has 1 fully saturated rings. The summed E-state index contributed by atoms with van der Waals surface area (Å²) in [5.41, 5.74) is 1.81. The van der Waals surface area contributed by atoms with Crippen LogP contribution in [0.1, 0.15) is 27.5 Å². The van der Waals surface area contributed by atoms with E-state index in [1.807, 2.05) is 6.07 Å². The molecule has 0 saturated carbocycles. The van der Waals surface area contributed by atoms with Gasteiger partial charge < -0.3 is 10.1 Å². The number of rotatable bonds is 5. The van der Waals surface area contributed by atoms with Crippen molar-refractivity contribution in [1.82, 2.24) is 10.2 Å². The van der Waals surface area contributed by atoms with Crippen LogP contribution in [0.25, 0.3) is 0 Å². The van der Waals surface area contributed by atoms with Crippen LogP contribution >= 0.6 is 0 Å². The quantitative estimate of drug-likeness (QED) is 0.891. The number of morpholine rings is 1. The first-order valence-electron chi connectivity index (χ1n) is 8.66. The molecule has 1 amide bonds. The molecule has 1 aliphatic rings. The normalized spacial score (nSPS) is 16.3. The number of hydrogen-bond acceptors (Lipinski definition) is 3. The van der Waals surface area contributed by atoms with Gasteiger partial charge in [0.15, 0.2) is 0 Å². The Morgan fingerprint density at radius 3 is 2.62 bits per heavy atom. The van der Waals surface area contributed by atoms with Crippen molar-refractivity contribution in [1.29, 1.82) is 0 Å². The number of amides is 1. The Morgan fingerprint density at radius 1 is 1.15 bits per heavy atom. The molecule has 1 N–H and O–H groups in total. The van der Waals surface area contributed by atoms with Gasteiger partial charge in [0, 0.05) is 25.2 Å². The summed E-state index contributed by atoms with van der Waals surface area (Å²) in [5, 5.41) is 2.87. The molecule has 1 saturated heterocycles. The lowest BCUT2D eigenvalue weighted by Crippen LogP contribution is -2.44. The van der Waals surface area contributed by atoms with Crippen molar-refractivity contribution < 1.29 is 18.3 Å². The van der Waals surface area contributed by atoms with E-state index in [0.717, 1.165) is 5.56 Å². The predicted molar refractivity (Wildman–Crippen MR) is 95.0 cm³/mol. The summed E-state index contributed by atoms with van der Waals surface area (Å²) < 4.78 is 32.5. The highest BCUT2D eigenvalue weighted by Crippen LogP contribution is 2.22. The van der Waals surface area contributed by atoms with Crippen LogP contribution in [0.5, 0.6) is 0 Å². The standard InChI is InChI=1S/C20H22F2N2O2/c1-14-5-6-17(22)12-18(14)20(25)23-13-19(24-7-9-26-10-8-24)15-3-2-4-16(21)11-15/h2-6,11-12,19H,7-10,13H2,1H3,(H,23,25). The van der Waals surface area contributed by atoms with Gasteiger partial charge in [-0.2, -0.15) is 0 Å². The molecule has 4 nitrogen and oxygen atoms in total. The first-order chi connectivity index (χ1) is 12.5. The highest BCUT2D eigenvalue weighted by atomic mass is 19.1. The van der Waals surface area contributed by atoms with Crippen LogP contribution in [0.4, 0.5) is 8.78 Å². The van der Waals surface area contributed by atoms with Crippen LogP contribution in [-0.2, 0) is 4.74 Å². The molecule has 2 aromatic carbocycles. The van der Waals surface area contributed by atoms with E-state index in [1.54, 1.807) is 19.1 Å². The van der Waals surface area contributed by atoms with E-state index in [-0.39, 0.29) is 17.8 Å². The van der Waals surface area contributed by atoms with E-state index in [1.165, 1.54) is 24.3 Å². The molecule has 1 unspecified atom stereocenters. The van der Waals surface area contributed by atoms with Gasteiger partial charge in [-0.25, -0.2) is 8.78 Å². The molecule has 0 aliphatic carbocycles. The highest BCUT2D eigenvalue weighted by molar-refractivity contribution is 5.95. The summed E-state index contributed by atoms with van der Waals surface area (Å²) in [6.07, 6.45) is 0. The predicted octanol–water partition coefficient (Wildman–Crippen LogP) is 3.08. The van der Waals surface area contributed by atoms with Crippen molar-refractivity contribution in [3.05, 3.63) is 70.8 Å². The van der Waals surface area contributed by atoms with Crippen molar-refractivity contribution in [3.63, 3.8) is 0 Å². The molecule has 1 heterocycles. The minimum atomic E-state index is -0.449. The van der Waals surface area contributed by atoms with Crippen molar-refractivity contribution in [2.75, 3.05) is 32.8 Å². The number of nitrogens with zero attached hydrogens (tertiary/aromatic N) is 1. The lowest BCUT2D eigenvalue weighted by Gasteiger charge is -2.35. The minimum Gasteiger partial charge on any atom is -0.379 e. The fourth-order valence-corrected chi connectivity index (χ4v) is 3.18. The second kappa shape index (κ2) is 8.38. The number of nitrogens with one attached hydrogen (secondary N) is 1. The Kier molecular flexibility index (Phi) is 5.96. The molecule has 138 valence electrons. The van der Waals surface area contributed by atoms with E-state index in [4.69, 9.17) is 4.74 Å². The number of carbonyl (C=O) groups excluding carboxylic acids is 1. The summed E-state index contributed by atoms with van der Waals surface area (Å²) >= 11 is 0.